The van der Waals surface area contributed by atoms with Gasteiger partial charge in [0, 0.05) is 19.3 Å². The summed E-state index contributed by atoms with van der Waals surface area (Å²) in [6, 6.07) is 5.90. The lowest BCUT2D eigenvalue weighted by atomic mass is 9.92. The summed E-state index contributed by atoms with van der Waals surface area (Å²) in [6.45, 7) is 9.84. The molecular formula is C22H30N6OS. The maximum atomic E-state index is 13.0. The molecule has 3 rings (SSSR count). The molecule has 0 fully saturated rings. The second-order valence-electron chi connectivity index (χ2n) is 8.81. The summed E-state index contributed by atoms with van der Waals surface area (Å²) in [4.78, 5) is 25.3. The third kappa shape index (κ3) is 5.12. The van der Waals surface area contributed by atoms with Crippen molar-refractivity contribution in [3.8, 4) is 16.5 Å². The van der Waals surface area contributed by atoms with Gasteiger partial charge in [-0.15, -0.1) is 11.3 Å². The summed E-state index contributed by atoms with van der Waals surface area (Å²) in [6.07, 6.45) is 3.34. The molecule has 8 heteroatoms. The molecule has 0 aliphatic heterocycles. The van der Waals surface area contributed by atoms with E-state index in [0.29, 0.717) is 18.1 Å². The largest absolute Gasteiger partial charge is 0.351 e. The minimum atomic E-state index is -0.119. The molecule has 0 radical (unpaired) electrons. The van der Waals surface area contributed by atoms with E-state index in [1.807, 2.05) is 51.5 Å². The topological polar surface area (TPSA) is 75.9 Å². The SMILES string of the molecule is CC(C)c1c(C(=O)NCC(C)(C)CN(C)C)cnn1-c1nccc(-c2cccs2)n1. The Balaban J connectivity index is 1.87. The molecule has 0 aliphatic carbocycles. The van der Waals surface area contributed by atoms with Crippen molar-refractivity contribution < 1.29 is 4.79 Å². The van der Waals surface area contributed by atoms with Crippen LogP contribution in [-0.2, 0) is 0 Å². The fraction of sp³-hybridized carbons (Fsp3) is 0.455. The van der Waals surface area contributed by atoms with Crippen molar-refractivity contribution in [1.29, 1.82) is 0 Å². The van der Waals surface area contributed by atoms with Gasteiger partial charge < -0.3 is 10.2 Å². The third-order valence-corrected chi connectivity index (χ3v) is 5.57. The van der Waals surface area contributed by atoms with E-state index in [4.69, 9.17) is 0 Å². The number of aromatic nitrogens is 4. The van der Waals surface area contributed by atoms with Gasteiger partial charge in [-0.1, -0.05) is 33.8 Å². The van der Waals surface area contributed by atoms with Crippen LogP contribution in [-0.4, -0.2) is 57.7 Å². The van der Waals surface area contributed by atoms with Crippen molar-refractivity contribution in [2.45, 2.75) is 33.6 Å². The van der Waals surface area contributed by atoms with Gasteiger partial charge in [0.15, 0.2) is 0 Å². The number of amides is 1. The van der Waals surface area contributed by atoms with E-state index in [2.05, 4.69) is 39.1 Å². The van der Waals surface area contributed by atoms with Gasteiger partial charge in [0.05, 0.1) is 28.0 Å². The van der Waals surface area contributed by atoms with Crippen LogP contribution in [0.25, 0.3) is 16.5 Å². The van der Waals surface area contributed by atoms with Gasteiger partial charge in [-0.05, 0) is 42.9 Å². The van der Waals surface area contributed by atoms with Crippen LogP contribution in [0, 0.1) is 5.41 Å². The second kappa shape index (κ2) is 9.06. The standard InChI is InChI=1S/C22H30N6OS/c1-15(2)19-16(20(29)24-13-22(3,4)14-27(5)6)12-25-28(19)21-23-10-9-17(26-21)18-8-7-11-30-18/h7-12,15H,13-14H2,1-6H3,(H,24,29). The molecular weight excluding hydrogens is 396 g/mol. The summed E-state index contributed by atoms with van der Waals surface area (Å²) in [5, 5.41) is 9.57. The zero-order valence-electron chi connectivity index (χ0n) is 18.5. The fourth-order valence-electron chi connectivity index (χ4n) is 3.59. The van der Waals surface area contributed by atoms with E-state index >= 15 is 0 Å². The normalized spacial score (nSPS) is 12.0. The van der Waals surface area contributed by atoms with Crippen LogP contribution in [0.2, 0.25) is 0 Å². The maximum absolute atomic E-state index is 13.0. The molecule has 0 saturated heterocycles. The van der Waals surface area contributed by atoms with Crippen LogP contribution in [0.15, 0.2) is 36.0 Å². The lowest BCUT2D eigenvalue weighted by molar-refractivity contribution is 0.0928. The summed E-state index contributed by atoms with van der Waals surface area (Å²) in [5.74, 6) is 0.430. The highest BCUT2D eigenvalue weighted by Crippen LogP contribution is 2.25. The molecule has 0 unspecified atom stereocenters. The zero-order chi connectivity index (χ0) is 21.9. The number of thiophene rings is 1. The predicted molar refractivity (Wildman–Crippen MR) is 121 cm³/mol. The lowest BCUT2D eigenvalue weighted by Crippen LogP contribution is -2.40. The van der Waals surface area contributed by atoms with Gasteiger partial charge in [0.2, 0.25) is 0 Å². The van der Waals surface area contributed by atoms with E-state index in [1.54, 1.807) is 28.4 Å². The van der Waals surface area contributed by atoms with E-state index in [9.17, 15) is 4.79 Å². The lowest BCUT2D eigenvalue weighted by Gasteiger charge is -2.28. The van der Waals surface area contributed by atoms with Gasteiger partial charge in [-0.25, -0.2) is 14.6 Å². The van der Waals surface area contributed by atoms with Crippen LogP contribution in [0.5, 0.6) is 0 Å². The monoisotopic (exact) mass is 426 g/mol. The zero-order valence-corrected chi connectivity index (χ0v) is 19.3. The maximum Gasteiger partial charge on any atom is 0.254 e. The van der Waals surface area contributed by atoms with E-state index in [-0.39, 0.29) is 17.2 Å². The molecule has 3 heterocycles. The Labute approximate surface area is 182 Å². The average Bonchev–Trinajstić information content (AvgIpc) is 3.35. The van der Waals surface area contributed by atoms with Crippen molar-refractivity contribution in [1.82, 2.24) is 30.0 Å². The van der Waals surface area contributed by atoms with Crippen molar-refractivity contribution in [3.05, 3.63) is 47.2 Å². The Morgan fingerprint density at radius 3 is 2.70 bits per heavy atom. The number of rotatable bonds is 8. The fourth-order valence-corrected chi connectivity index (χ4v) is 4.28. The molecule has 1 N–H and O–H groups in total. The first kappa shape index (κ1) is 22.1. The number of carbonyl (C=O) groups excluding carboxylic acids is 1. The quantitative estimate of drug-likeness (QED) is 0.592. The van der Waals surface area contributed by atoms with E-state index < -0.39 is 0 Å². The number of hydrogen-bond acceptors (Lipinski definition) is 6. The van der Waals surface area contributed by atoms with Crippen LogP contribution in [0.3, 0.4) is 0 Å². The Morgan fingerprint density at radius 2 is 2.07 bits per heavy atom. The molecule has 0 aromatic carbocycles. The Bertz CT molecular complexity index is 991. The number of nitrogens with zero attached hydrogens (tertiary/aromatic N) is 5. The molecule has 160 valence electrons. The van der Waals surface area contributed by atoms with Crippen LogP contribution in [0.1, 0.15) is 49.7 Å². The van der Waals surface area contributed by atoms with Crippen molar-refractivity contribution in [3.63, 3.8) is 0 Å². The van der Waals surface area contributed by atoms with Crippen molar-refractivity contribution in [2.24, 2.45) is 5.41 Å². The third-order valence-electron chi connectivity index (χ3n) is 4.68. The van der Waals surface area contributed by atoms with Crippen LogP contribution < -0.4 is 5.32 Å². The summed E-state index contributed by atoms with van der Waals surface area (Å²) < 4.78 is 1.68. The molecule has 30 heavy (non-hydrogen) atoms. The van der Waals surface area contributed by atoms with Crippen molar-refractivity contribution in [2.75, 3.05) is 27.2 Å². The summed E-state index contributed by atoms with van der Waals surface area (Å²) in [5.41, 5.74) is 2.18. The second-order valence-corrected chi connectivity index (χ2v) is 9.76. The molecule has 0 atom stereocenters. The molecule has 3 aromatic heterocycles. The highest BCUT2D eigenvalue weighted by Gasteiger charge is 2.25. The summed E-state index contributed by atoms with van der Waals surface area (Å²) >= 11 is 1.63. The summed E-state index contributed by atoms with van der Waals surface area (Å²) in [7, 11) is 4.07. The van der Waals surface area contributed by atoms with Gasteiger partial charge in [0.1, 0.15) is 0 Å². The smallest absolute Gasteiger partial charge is 0.254 e. The molecule has 7 nitrogen and oxygen atoms in total. The Hall–Kier alpha value is -2.58. The minimum absolute atomic E-state index is 0.0364. The van der Waals surface area contributed by atoms with E-state index in [0.717, 1.165) is 22.8 Å². The molecule has 3 aromatic rings. The van der Waals surface area contributed by atoms with Gasteiger partial charge in [0.25, 0.3) is 11.9 Å². The first-order valence-electron chi connectivity index (χ1n) is 10.1. The van der Waals surface area contributed by atoms with Crippen molar-refractivity contribution >= 4 is 17.2 Å². The van der Waals surface area contributed by atoms with Crippen LogP contribution in [0.4, 0.5) is 0 Å². The number of carbonyl (C=O) groups is 1. The Morgan fingerprint density at radius 1 is 1.30 bits per heavy atom. The van der Waals surface area contributed by atoms with Crippen LogP contribution >= 0.6 is 11.3 Å². The highest BCUT2D eigenvalue weighted by molar-refractivity contribution is 7.13. The molecule has 0 spiro atoms. The van der Waals surface area contributed by atoms with Gasteiger partial charge >= 0.3 is 0 Å². The highest BCUT2D eigenvalue weighted by atomic mass is 32.1. The average molecular weight is 427 g/mol. The first-order chi connectivity index (χ1) is 14.2. The predicted octanol–water partition coefficient (Wildman–Crippen LogP) is 3.83. The first-order valence-corrected chi connectivity index (χ1v) is 10.9. The van der Waals surface area contributed by atoms with E-state index in [1.165, 1.54) is 0 Å². The minimum Gasteiger partial charge on any atom is -0.351 e. The molecule has 0 aliphatic rings. The Kier molecular flexibility index (Phi) is 6.67. The van der Waals surface area contributed by atoms with Gasteiger partial charge in [-0.3, -0.25) is 4.79 Å². The van der Waals surface area contributed by atoms with Gasteiger partial charge in [-0.2, -0.15) is 5.10 Å². The molecule has 1 amide bonds. The molecule has 0 saturated carbocycles. The number of nitrogens with one attached hydrogen (secondary N) is 1. The molecule has 0 bridgehead atoms. The number of hydrogen-bond donors (Lipinski definition) is 1.